The number of ether oxygens (including phenoxy) is 1. The highest BCUT2D eigenvalue weighted by atomic mass is 35.5. The first-order chi connectivity index (χ1) is 17.1. The van der Waals surface area contributed by atoms with E-state index < -0.39 is 5.91 Å². The van der Waals surface area contributed by atoms with Crippen molar-refractivity contribution in [3.63, 3.8) is 0 Å². The molecule has 0 aliphatic carbocycles. The predicted octanol–water partition coefficient (Wildman–Crippen LogP) is 5.61. The molecule has 5 aromatic rings. The Balaban J connectivity index is 1.66. The molecule has 2 aromatic heterocycles. The van der Waals surface area contributed by atoms with Crippen LogP contribution in [0.15, 0.2) is 72.8 Å². The average Bonchev–Trinajstić information content (AvgIpc) is 3.17. The van der Waals surface area contributed by atoms with Gasteiger partial charge in [0.25, 0.3) is 5.91 Å². The Morgan fingerprint density at radius 1 is 1.03 bits per heavy atom. The van der Waals surface area contributed by atoms with E-state index >= 15 is 0 Å². The molecule has 0 atom stereocenters. The van der Waals surface area contributed by atoms with Crippen molar-refractivity contribution in [2.24, 2.45) is 0 Å². The number of para-hydroxylation sites is 3. The Morgan fingerprint density at radius 3 is 2.46 bits per heavy atom. The summed E-state index contributed by atoms with van der Waals surface area (Å²) in [5, 5.41) is 13.3. The van der Waals surface area contributed by atoms with Crippen LogP contribution in [-0.2, 0) is 13.0 Å². The van der Waals surface area contributed by atoms with E-state index in [0.717, 1.165) is 11.3 Å². The SMILES string of the molecule is COc1ccccc1CCn1c(NC(=O)c2ccccc2Cl)c(C#N)c2nc3ccccc3nc21. The van der Waals surface area contributed by atoms with Gasteiger partial charge in [0.05, 0.1) is 28.7 Å². The fraction of sp³-hybridized carbons (Fsp3) is 0.111. The van der Waals surface area contributed by atoms with Crippen molar-refractivity contribution >= 4 is 45.5 Å². The summed E-state index contributed by atoms with van der Waals surface area (Å²) in [6, 6.07) is 24.2. The first kappa shape index (κ1) is 22.4. The van der Waals surface area contributed by atoms with Gasteiger partial charge < -0.3 is 14.6 Å². The maximum absolute atomic E-state index is 13.2. The fourth-order valence-electron chi connectivity index (χ4n) is 4.12. The van der Waals surface area contributed by atoms with Crippen LogP contribution in [0.4, 0.5) is 5.82 Å². The maximum Gasteiger partial charge on any atom is 0.258 e. The normalized spacial score (nSPS) is 10.9. The van der Waals surface area contributed by atoms with Gasteiger partial charge in [-0.1, -0.05) is 54.1 Å². The molecule has 0 saturated heterocycles. The largest absolute Gasteiger partial charge is 0.496 e. The molecule has 0 bridgehead atoms. The molecular formula is C27H20ClN5O2. The highest BCUT2D eigenvalue weighted by Crippen LogP contribution is 2.31. The number of aryl methyl sites for hydroxylation is 2. The van der Waals surface area contributed by atoms with E-state index in [4.69, 9.17) is 26.3 Å². The predicted molar refractivity (Wildman–Crippen MR) is 136 cm³/mol. The number of benzene rings is 3. The second-order valence-corrected chi connectivity index (χ2v) is 8.27. The monoisotopic (exact) mass is 481 g/mol. The first-order valence-electron chi connectivity index (χ1n) is 11.0. The van der Waals surface area contributed by atoms with Crippen molar-refractivity contribution in [3.8, 4) is 11.8 Å². The Kier molecular flexibility index (Phi) is 6.04. The molecule has 2 heterocycles. The third kappa shape index (κ3) is 4.16. The molecule has 0 saturated carbocycles. The molecule has 1 amide bonds. The third-order valence-corrected chi connectivity index (χ3v) is 6.14. The lowest BCUT2D eigenvalue weighted by Gasteiger charge is -2.14. The molecule has 7 nitrogen and oxygen atoms in total. The third-order valence-electron chi connectivity index (χ3n) is 5.81. The van der Waals surface area contributed by atoms with Crippen LogP contribution < -0.4 is 10.1 Å². The Morgan fingerprint density at radius 2 is 1.71 bits per heavy atom. The van der Waals surface area contributed by atoms with Gasteiger partial charge in [0.1, 0.15) is 28.7 Å². The van der Waals surface area contributed by atoms with Crippen LogP contribution in [0.5, 0.6) is 5.75 Å². The zero-order valence-electron chi connectivity index (χ0n) is 18.8. The van der Waals surface area contributed by atoms with E-state index in [0.29, 0.717) is 51.6 Å². The number of hydrogen-bond donors (Lipinski definition) is 1. The summed E-state index contributed by atoms with van der Waals surface area (Å²) in [5.74, 6) is 0.679. The van der Waals surface area contributed by atoms with Crippen molar-refractivity contribution in [2.45, 2.75) is 13.0 Å². The van der Waals surface area contributed by atoms with E-state index in [1.54, 1.807) is 31.4 Å². The molecule has 8 heteroatoms. The van der Waals surface area contributed by atoms with Gasteiger partial charge >= 0.3 is 0 Å². The molecule has 0 radical (unpaired) electrons. The average molecular weight is 482 g/mol. The Labute approximate surface area is 206 Å². The molecule has 0 aliphatic rings. The lowest BCUT2D eigenvalue weighted by molar-refractivity contribution is 0.102. The summed E-state index contributed by atoms with van der Waals surface area (Å²) in [6.45, 7) is 0.434. The Bertz CT molecular complexity index is 1620. The number of rotatable bonds is 6. The van der Waals surface area contributed by atoms with Gasteiger partial charge in [0.2, 0.25) is 0 Å². The number of nitrogens with one attached hydrogen (secondary N) is 1. The van der Waals surface area contributed by atoms with Crippen LogP contribution in [-0.4, -0.2) is 27.6 Å². The van der Waals surface area contributed by atoms with Crippen molar-refractivity contribution in [1.29, 1.82) is 5.26 Å². The molecule has 0 unspecified atom stereocenters. The minimum Gasteiger partial charge on any atom is -0.496 e. The molecular weight excluding hydrogens is 462 g/mol. The van der Waals surface area contributed by atoms with Gasteiger partial charge in [0, 0.05) is 6.54 Å². The van der Waals surface area contributed by atoms with Gasteiger partial charge in [-0.3, -0.25) is 4.79 Å². The summed E-state index contributed by atoms with van der Waals surface area (Å²) in [6.07, 6.45) is 0.585. The molecule has 0 fully saturated rings. The molecule has 172 valence electrons. The van der Waals surface area contributed by atoms with E-state index in [1.807, 2.05) is 53.1 Å². The molecule has 3 aromatic carbocycles. The summed E-state index contributed by atoms with van der Waals surface area (Å²) in [5.41, 5.74) is 3.87. The quantitative estimate of drug-likeness (QED) is 0.340. The minimum absolute atomic E-state index is 0.249. The zero-order chi connectivity index (χ0) is 24.4. The van der Waals surface area contributed by atoms with Crippen LogP contribution in [0, 0.1) is 11.3 Å². The van der Waals surface area contributed by atoms with Crippen LogP contribution in [0.1, 0.15) is 21.5 Å². The topological polar surface area (TPSA) is 92.8 Å². The standard InChI is InChI=1S/C27H20ClN5O2/c1-35-23-13-7-2-8-17(23)14-15-33-25(32-27(34)18-9-3-4-10-20(18)28)19(16-29)24-26(33)31-22-12-6-5-11-21(22)30-24/h2-13H,14-15H2,1H3,(H,32,34). The van der Waals surface area contributed by atoms with Crippen molar-refractivity contribution in [3.05, 3.63) is 94.5 Å². The number of carbonyl (C=O) groups excluding carboxylic acids is 1. The summed E-state index contributed by atoms with van der Waals surface area (Å²) < 4.78 is 7.32. The number of aromatic nitrogens is 3. The zero-order valence-corrected chi connectivity index (χ0v) is 19.6. The van der Waals surface area contributed by atoms with Gasteiger partial charge in [0.15, 0.2) is 5.65 Å². The van der Waals surface area contributed by atoms with E-state index in [2.05, 4.69) is 11.4 Å². The van der Waals surface area contributed by atoms with Crippen LogP contribution >= 0.6 is 11.6 Å². The van der Waals surface area contributed by atoms with Crippen LogP contribution in [0.25, 0.3) is 22.2 Å². The second-order valence-electron chi connectivity index (χ2n) is 7.87. The number of halogens is 1. The summed E-state index contributed by atoms with van der Waals surface area (Å²) in [7, 11) is 1.63. The van der Waals surface area contributed by atoms with E-state index in [1.165, 1.54) is 0 Å². The van der Waals surface area contributed by atoms with Gasteiger partial charge in [-0.25, -0.2) is 9.97 Å². The number of fused-ring (bicyclic) bond motifs is 2. The van der Waals surface area contributed by atoms with E-state index in [-0.39, 0.29) is 5.56 Å². The summed E-state index contributed by atoms with van der Waals surface area (Å²) >= 11 is 6.25. The minimum atomic E-state index is -0.419. The molecule has 0 spiro atoms. The van der Waals surface area contributed by atoms with Crippen molar-refractivity contribution < 1.29 is 9.53 Å². The first-order valence-corrected chi connectivity index (χ1v) is 11.4. The highest BCUT2D eigenvalue weighted by molar-refractivity contribution is 6.34. The van der Waals surface area contributed by atoms with Crippen LogP contribution in [0.3, 0.4) is 0 Å². The number of amides is 1. The van der Waals surface area contributed by atoms with Crippen LogP contribution in [0.2, 0.25) is 5.02 Å². The number of carbonyl (C=O) groups is 1. The lowest BCUT2D eigenvalue weighted by atomic mass is 10.1. The Hall–Kier alpha value is -4.41. The number of anilines is 1. The molecule has 35 heavy (non-hydrogen) atoms. The van der Waals surface area contributed by atoms with Gasteiger partial charge in [-0.2, -0.15) is 5.26 Å². The highest BCUT2D eigenvalue weighted by Gasteiger charge is 2.23. The van der Waals surface area contributed by atoms with E-state index in [9.17, 15) is 10.1 Å². The molecule has 0 aliphatic heterocycles. The van der Waals surface area contributed by atoms with Gasteiger partial charge in [-0.05, 0) is 42.3 Å². The smallest absolute Gasteiger partial charge is 0.258 e. The lowest BCUT2D eigenvalue weighted by Crippen LogP contribution is -2.17. The van der Waals surface area contributed by atoms with Crippen molar-refractivity contribution in [1.82, 2.24) is 14.5 Å². The maximum atomic E-state index is 13.2. The number of nitrogens with zero attached hydrogens (tertiary/aromatic N) is 4. The number of methoxy groups -OCH3 is 1. The number of nitriles is 1. The molecule has 5 rings (SSSR count). The van der Waals surface area contributed by atoms with Gasteiger partial charge in [-0.15, -0.1) is 0 Å². The molecule has 1 N–H and O–H groups in total. The summed E-state index contributed by atoms with van der Waals surface area (Å²) in [4.78, 5) is 22.7. The fourth-order valence-corrected chi connectivity index (χ4v) is 4.34. The number of hydrogen-bond acceptors (Lipinski definition) is 5. The second kappa shape index (κ2) is 9.45. The van der Waals surface area contributed by atoms with Crippen molar-refractivity contribution in [2.75, 3.05) is 12.4 Å².